The van der Waals surface area contributed by atoms with Crippen LogP contribution >= 0.6 is 11.8 Å². The molecule has 26 heavy (non-hydrogen) atoms. The molecular formula is C20H20N2O3S. The number of carbonyl (C=O) groups is 1. The third-order valence-corrected chi connectivity index (χ3v) is 5.01. The average molecular weight is 368 g/mol. The van der Waals surface area contributed by atoms with E-state index in [2.05, 4.69) is 17.2 Å². The van der Waals surface area contributed by atoms with Crippen LogP contribution in [0.15, 0.2) is 46.3 Å². The van der Waals surface area contributed by atoms with Crippen molar-refractivity contribution in [2.75, 3.05) is 14.2 Å². The molecule has 0 bridgehead atoms. The fourth-order valence-corrected chi connectivity index (χ4v) is 3.30. The quantitative estimate of drug-likeness (QED) is 0.821. The van der Waals surface area contributed by atoms with Gasteiger partial charge in [0.25, 0.3) is 5.91 Å². The molecule has 1 saturated heterocycles. The van der Waals surface area contributed by atoms with Gasteiger partial charge in [-0.1, -0.05) is 6.07 Å². The van der Waals surface area contributed by atoms with Gasteiger partial charge in [0.1, 0.15) is 11.5 Å². The van der Waals surface area contributed by atoms with Crippen LogP contribution in [0.25, 0.3) is 6.08 Å². The van der Waals surface area contributed by atoms with Gasteiger partial charge in [0.05, 0.1) is 24.8 Å². The standard InChI is InChI=1S/C20H20N2O3S/c1-12-5-7-15(9-13(12)2)21-20-22-19(23)18(26-20)10-14-6-8-16(24-3)11-17(14)25-4/h5-11H,1-4H3,(H,21,22,23). The number of benzene rings is 2. The molecule has 0 saturated carbocycles. The zero-order valence-electron chi connectivity index (χ0n) is 15.1. The number of nitrogens with zero attached hydrogens (tertiary/aromatic N) is 1. The maximum atomic E-state index is 12.3. The van der Waals surface area contributed by atoms with Crippen LogP contribution in [0.2, 0.25) is 0 Å². The number of amidine groups is 1. The highest BCUT2D eigenvalue weighted by molar-refractivity contribution is 8.18. The number of amides is 1. The summed E-state index contributed by atoms with van der Waals surface area (Å²) in [5, 5.41) is 3.37. The van der Waals surface area contributed by atoms with E-state index in [1.807, 2.05) is 37.3 Å². The lowest BCUT2D eigenvalue weighted by atomic mass is 10.1. The SMILES string of the molecule is COc1ccc(C=C2SC(=Nc3ccc(C)c(C)c3)NC2=O)c(OC)c1. The topological polar surface area (TPSA) is 59.9 Å². The van der Waals surface area contributed by atoms with Crippen molar-refractivity contribution in [1.82, 2.24) is 5.32 Å². The summed E-state index contributed by atoms with van der Waals surface area (Å²) < 4.78 is 10.6. The molecule has 6 heteroatoms. The largest absolute Gasteiger partial charge is 0.497 e. The smallest absolute Gasteiger partial charge is 0.264 e. The Bertz CT molecular complexity index is 919. The van der Waals surface area contributed by atoms with Crippen LogP contribution in [0, 0.1) is 13.8 Å². The number of carbonyl (C=O) groups excluding carboxylic acids is 1. The van der Waals surface area contributed by atoms with Crippen molar-refractivity contribution in [3.63, 3.8) is 0 Å². The third-order valence-electron chi connectivity index (χ3n) is 4.10. The maximum absolute atomic E-state index is 12.3. The molecule has 1 aliphatic heterocycles. The highest BCUT2D eigenvalue weighted by Crippen LogP contribution is 2.32. The van der Waals surface area contributed by atoms with Crippen molar-refractivity contribution in [3.8, 4) is 11.5 Å². The minimum absolute atomic E-state index is 0.171. The Balaban J connectivity index is 1.86. The highest BCUT2D eigenvalue weighted by atomic mass is 32.2. The summed E-state index contributed by atoms with van der Waals surface area (Å²) >= 11 is 1.31. The van der Waals surface area contributed by atoms with Crippen molar-refractivity contribution >= 4 is 34.6 Å². The molecule has 0 aromatic heterocycles. The molecule has 134 valence electrons. The van der Waals surface area contributed by atoms with Gasteiger partial charge < -0.3 is 14.8 Å². The van der Waals surface area contributed by atoms with E-state index < -0.39 is 0 Å². The summed E-state index contributed by atoms with van der Waals surface area (Å²) in [7, 11) is 3.19. The number of hydrogen-bond acceptors (Lipinski definition) is 5. The first kappa shape index (κ1) is 18.1. The fourth-order valence-electron chi connectivity index (χ4n) is 2.47. The van der Waals surface area contributed by atoms with Gasteiger partial charge in [-0.05, 0) is 67.1 Å². The molecule has 0 atom stereocenters. The van der Waals surface area contributed by atoms with Gasteiger partial charge in [-0.15, -0.1) is 0 Å². The molecular weight excluding hydrogens is 348 g/mol. The molecule has 2 aromatic rings. The van der Waals surface area contributed by atoms with Crippen LogP contribution in [-0.2, 0) is 4.79 Å². The number of aliphatic imine (C=N–C) groups is 1. The number of nitrogens with one attached hydrogen (secondary N) is 1. The van der Waals surface area contributed by atoms with Gasteiger partial charge in [-0.2, -0.15) is 0 Å². The van der Waals surface area contributed by atoms with Crippen molar-refractivity contribution < 1.29 is 14.3 Å². The summed E-state index contributed by atoms with van der Waals surface area (Å²) in [5.41, 5.74) is 4.00. The predicted octanol–water partition coefficient (Wildman–Crippen LogP) is 4.21. The maximum Gasteiger partial charge on any atom is 0.264 e. The molecule has 5 nitrogen and oxygen atoms in total. The first-order valence-electron chi connectivity index (χ1n) is 8.09. The van der Waals surface area contributed by atoms with Crippen molar-refractivity contribution in [2.24, 2.45) is 4.99 Å². The van der Waals surface area contributed by atoms with Crippen LogP contribution in [0.1, 0.15) is 16.7 Å². The van der Waals surface area contributed by atoms with E-state index in [0.29, 0.717) is 21.6 Å². The van der Waals surface area contributed by atoms with Gasteiger partial charge in [-0.25, -0.2) is 4.99 Å². The number of methoxy groups -OCH3 is 2. The summed E-state index contributed by atoms with van der Waals surface area (Å²) in [6.07, 6.45) is 1.79. The molecule has 0 spiro atoms. The van der Waals surface area contributed by atoms with Crippen LogP contribution in [0.4, 0.5) is 5.69 Å². The molecule has 1 N–H and O–H groups in total. The Hall–Kier alpha value is -2.73. The highest BCUT2D eigenvalue weighted by Gasteiger charge is 2.24. The molecule has 3 rings (SSSR count). The van der Waals surface area contributed by atoms with E-state index in [1.165, 1.54) is 22.9 Å². The first-order chi connectivity index (χ1) is 12.5. The van der Waals surface area contributed by atoms with Gasteiger partial charge >= 0.3 is 0 Å². The molecule has 0 unspecified atom stereocenters. The van der Waals surface area contributed by atoms with Crippen molar-refractivity contribution in [3.05, 3.63) is 58.0 Å². The average Bonchev–Trinajstić information content (AvgIpc) is 2.97. The summed E-state index contributed by atoms with van der Waals surface area (Å²) in [4.78, 5) is 17.4. The minimum Gasteiger partial charge on any atom is -0.497 e. The van der Waals surface area contributed by atoms with Gasteiger partial charge in [0.15, 0.2) is 5.17 Å². The van der Waals surface area contributed by atoms with E-state index in [4.69, 9.17) is 9.47 Å². The van der Waals surface area contributed by atoms with E-state index >= 15 is 0 Å². The fraction of sp³-hybridized carbons (Fsp3) is 0.200. The number of rotatable bonds is 4. The lowest BCUT2D eigenvalue weighted by Gasteiger charge is -2.07. The normalized spacial score (nSPS) is 16.8. The lowest BCUT2D eigenvalue weighted by molar-refractivity contribution is -0.115. The van der Waals surface area contributed by atoms with Crippen LogP contribution in [0.3, 0.4) is 0 Å². The number of hydrogen-bond donors (Lipinski definition) is 1. The molecule has 1 fully saturated rings. The Morgan fingerprint density at radius 1 is 1.04 bits per heavy atom. The van der Waals surface area contributed by atoms with E-state index in [-0.39, 0.29) is 5.91 Å². The van der Waals surface area contributed by atoms with Gasteiger partial charge in [0, 0.05) is 11.6 Å². The Labute approximate surface area is 157 Å². The Morgan fingerprint density at radius 2 is 1.85 bits per heavy atom. The second-order valence-electron chi connectivity index (χ2n) is 5.86. The minimum atomic E-state index is -0.171. The van der Waals surface area contributed by atoms with E-state index in [9.17, 15) is 4.79 Å². The first-order valence-corrected chi connectivity index (χ1v) is 8.90. The number of aryl methyl sites for hydroxylation is 2. The van der Waals surface area contributed by atoms with E-state index in [0.717, 1.165) is 11.3 Å². The number of thioether (sulfide) groups is 1. The molecule has 1 heterocycles. The Morgan fingerprint density at radius 3 is 2.54 bits per heavy atom. The lowest BCUT2D eigenvalue weighted by Crippen LogP contribution is -2.19. The van der Waals surface area contributed by atoms with Crippen LogP contribution in [-0.4, -0.2) is 25.3 Å². The second-order valence-corrected chi connectivity index (χ2v) is 6.89. The van der Waals surface area contributed by atoms with Crippen LogP contribution < -0.4 is 14.8 Å². The van der Waals surface area contributed by atoms with Crippen molar-refractivity contribution in [2.45, 2.75) is 13.8 Å². The zero-order chi connectivity index (χ0) is 18.7. The second kappa shape index (κ2) is 7.66. The number of ether oxygens (including phenoxy) is 2. The van der Waals surface area contributed by atoms with Crippen LogP contribution in [0.5, 0.6) is 11.5 Å². The summed E-state index contributed by atoms with van der Waals surface area (Å²) in [6.45, 7) is 4.10. The third kappa shape index (κ3) is 3.91. The van der Waals surface area contributed by atoms with Gasteiger partial charge in [-0.3, -0.25) is 4.79 Å². The molecule has 0 aliphatic carbocycles. The van der Waals surface area contributed by atoms with E-state index in [1.54, 1.807) is 26.4 Å². The predicted molar refractivity (Wildman–Crippen MR) is 106 cm³/mol. The van der Waals surface area contributed by atoms with Gasteiger partial charge in [0.2, 0.25) is 0 Å². The molecule has 2 aromatic carbocycles. The zero-order valence-corrected chi connectivity index (χ0v) is 15.9. The molecule has 1 amide bonds. The van der Waals surface area contributed by atoms with Crippen molar-refractivity contribution in [1.29, 1.82) is 0 Å². The summed E-state index contributed by atoms with van der Waals surface area (Å²) in [5.74, 6) is 1.17. The molecule has 1 aliphatic rings. The molecule has 0 radical (unpaired) electrons. The monoisotopic (exact) mass is 368 g/mol. The Kier molecular flexibility index (Phi) is 5.32. The summed E-state index contributed by atoms with van der Waals surface area (Å²) in [6, 6.07) is 11.4.